The summed E-state index contributed by atoms with van der Waals surface area (Å²) in [6.07, 6.45) is 2.66. The van der Waals surface area contributed by atoms with Crippen LogP contribution in [-0.4, -0.2) is 92.8 Å². The molecule has 2 aromatic carbocycles. The number of amides is 1. The first-order valence-electron chi connectivity index (χ1n) is 19.2. The van der Waals surface area contributed by atoms with Crippen LogP contribution in [0.2, 0.25) is 0 Å². The fourth-order valence-electron chi connectivity index (χ4n) is 8.21. The fourth-order valence-corrected chi connectivity index (χ4v) is 9.07. The number of piperazine rings is 1. The molecule has 3 aliphatic rings. The Kier molecular flexibility index (Phi) is 10.9. The Labute approximate surface area is 355 Å². The monoisotopic (exact) mass is 920 g/mol. The van der Waals surface area contributed by atoms with Crippen LogP contribution in [-0.2, 0) is 17.8 Å². The Morgan fingerprint density at radius 1 is 0.948 bits per heavy atom. The number of rotatable bonds is 9. The van der Waals surface area contributed by atoms with E-state index in [0.29, 0.717) is 56.9 Å². The van der Waals surface area contributed by atoms with Gasteiger partial charge in [0.2, 0.25) is 11.8 Å². The zero-order valence-electron chi connectivity index (χ0n) is 33.7. The Morgan fingerprint density at radius 2 is 1.59 bits per heavy atom. The highest BCUT2D eigenvalue weighted by atomic mass is 127. The molecule has 0 aliphatic carbocycles. The van der Waals surface area contributed by atoms with Crippen LogP contribution in [0.15, 0.2) is 53.7 Å². The maximum atomic E-state index is 17.4. The molecule has 8 rings (SSSR count). The summed E-state index contributed by atoms with van der Waals surface area (Å²) in [6, 6.07) is 15.1. The number of carbonyl (C=O) groups is 1. The molecule has 2 bridgehead atoms. The van der Waals surface area contributed by atoms with E-state index in [0.717, 1.165) is 35.5 Å². The van der Waals surface area contributed by atoms with Gasteiger partial charge in [0.25, 0.3) is 0 Å². The predicted molar refractivity (Wildman–Crippen MR) is 230 cm³/mol. The van der Waals surface area contributed by atoms with Crippen molar-refractivity contribution in [2.45, 2.75) is 95.5 Å². The van der Waals surface area contributed by atoms with Crippen LogP contribution < -0.4 is 24.0 Å². The molecule has 3 aromatic heterocycles. The molecule has 16 heteroatoms. The lowest BCUT2D eigenvalue weighted by Crippen LogP contribution is -2.65. The molecule has 5 aromatic rings. The summed E-state index contributed by atoms with van der Waals surface area (Å²) in [5.74, 6) is 2.06. The van der Waals surface area contributed by atoms with Crippen molar-refractivity contribution >= 4 is 63.1 Å². The van der Waals surface area contributed by atoms with E-state index in [1.54, 1.807) is 14.2 Å². The standard InChI is InChI=1S/C42H46FIN8O5S/c1-22-32(44)35(47-39(45-22)50(19-24-9-14-27(54-6)15-10-24)20-25-11-16-28(55-7)17-12-25)34-31(43)33-30-37(49-40(48-33)58-8)51-21-26-13-18-29(36(51)23(2)56-38(30)46-34)52(26)41(53)57-42(3,4)5/h9-12,14-17,23,26,29,36H,13,18-21H2,1-8H3/t23-,26+,29-,36+/m0/s1. The van der Waals surface area contributed by atoms with E-state index in [9.17, 15) is 4.79 Å². The summed E-state index contributed by atoms with van der Waals surface area (Å²) in [6.45, 7) is 10.9. The van der Waals surface area contributed by atoms with Crippen molar-refractivity contribution in [2.75, 3.05) is 36.8 Å². The molecule has 0 saturated carbocycles. The summed E-state index contributed by atoms with van der Waals surface area (Å²) in [7, 11) is 3.28. The Balaban J connectivity index is 1.23. The van der Waals surface area contributed by atoms with Gasteiger partial charge in [-0.05, 0) is 112 Å². The SMILES string of the molecule is COc1ccc(CN(Cc2ccc(OC)cc2)c2nc(C)c(I)c(-c3nc4c5c(nc(SC)nc5c3F)N3C[C@H]5CC[C@@H]([C@H]3[C@H](C)O4)N5C(=O)OC(C)(C)C)n2)cc1. The second kappa shape index (κ2) is 15.8. The summed E-state index contributed by atoms with van der Waals surface area (Å²) < 4.78 is 41.5. The lowest BCUT2D eigenvalue weighted by Gasteiger charge is -2.48. The van der Waals surface area contributed by atoms with Crippen LogP contribution in [0.5, 0.6) is 17.4 Å². The van der Waals surface area contributed by atoms with E-state index in [4.69, 9.17) is 43.9 Å². The van der Waals surface area contributed by atoms with Gasteiger partial charge in [-0.1, -0.05) is 36.0 Å². The van der Waals surface area contributed by atoms with Crippen molar-refractivity contribution in [1.82, 2.24) is 29.8 Å². The zero-order valence-corrected chi connectivity index (χ0v) is 36.7. The zero-order chi connectivity index (χ0) is 41.0. The van der Waals surface area contributed by atoms with Crippen LogP contribution in [0, 0.1) is 16.3 Å². The third-order valence-corrected chi connectivity index (χ3v) is 12.7. The van der Waals surface area contributed by atoms with Gasteiger partial charge in [0.15, 0.2) is 11.0 Å². The maximum absolute atomic E-state index is 17.4. The van der Waals surface area contributed by atoms with Gasteiger partial charge >= 0.3 is 6.09 Å². The Bertz CT molecular complexity index is 2320. The van der Waals surface area contributed by atoms with Gasteiger partial charge in [-0.25, -0.2) is 34.1 Å². The van der Waals surface area contributed by atoms with Crippen LogP contribution in [0.25, 0.3) is 22.3 Å². The molecule has 3 aliphatic heterocycles. The number of pyridine rings is 1. The summed E-state index contributed by atoms with van der Waals surface area (Å²) in [5.41, 5.74) is 2.49. The minimum Gasteiger partial charge on any atom is -0.497 e. The molecule has 6 heterocycles. The number of fused-ring (bicyclic) bond motifs is 5. The molecule has 0 unspecified atom stereocenters. The molecule has 304 valence electrons. The van der Waals surface area contributed by atoms with Gasteiger partial charge in [0, 0.05) is 19.6 Å². The van der Waals surface area contributed by atoms with Gasteiger partial charge in [0.1, 0.15) is 51.3 Å². The molecule has 0 radical (unpaired) electrons. The molecule has 58 heavy (non-hydrogen) atoms. The lowest BCUT2D eigenvalue weighted by atomic mass is 9.98. The number of nitrogens with zero attached hydrogens (tertiary/aromatic N) is 8. The largest absolute Gasteiger partial charge is 0.497 e. The minimum absolute atomic E-state index is 0.00757. The first kappa shape index (κ1) is 40.1. The summed E-state index contributed by atoms with van der Waals surface area (Å²) in [4.78, 5) is 44.4. The van der Waals surface area contributed by atoms with Crippen molar-refractivity contribution in [1.29, 1.82) is 0 Å². The number of hydrogen-bond acceptors (Lipinski definition) is 13. The van der Waals surface area contributed by atoms with Crippen molar-refractivity contribution in [3.8, 4) is 28.8 Å². The number of anilines is 2. The molecular formula is C42H46FIN8O5S. The smallest absolute Gasteiger partial charge is 0.410 e. The highest BCUT2D eigenvalue weighted by Gasteiger charge is 2.54. The number of halogens is 2. The average Bonchev–Trinajstić information content (AvgIpc) is 3.45. The summed E-state index contributed by atoms with van der Waals surface area (Å²) >= 11 is 3.50. The van der Waals surface area contributed by atoms with Crippen molar-refractivity contribution in [3.05, 3.63) is 74.7 Å². The number of ether oxygens (including phenoxy) is 4. The van der Waals surface area contributed by atoms with Gasteiger partial charge < -0.3 is 28.7 Å². The van der Waals surface area contributed by atoms with E-state index in [-0.39, 0.29) is 41.3 Å². The molecule has 13 nitrogen and oxygen atoms in total. The second-order valence-electron chi connectivity index (χ2n) is 15.8. The van der Waals surface area contributed by atoms with Crippen molar-refractivity contribution in [3.63, 3.8) is 0 Å². The van der Waals surface area contributed by atoms with Crippen LogP contribution in [0.3, 0.4) is 0 Å². The van der Waals surface area contributed by atoms with Gasteiger partial charge in [-0.2, -0.15) is 0 Å². The second-order valence-corrected chi connectivity index (χ2v) is 17.7. The number of benzene rings is 2. The molecule has 2 fully saturated rings. The average molecular weight is 921 g/mol. The normalized spacial score (nSPS) is 19.7. The topological polar surface area (TPSA) is 128 Å². The van der Waals surface area contributed by atoms with Gasteiger partial charge in [0.05, 0.1) is 41.6 Å². The Morgan fingerprint density at radius 3 is 2.17 bits per heavy atom. The minimum atomic E-state index is -0.640. The quantitative estimate of drug-likeness (QED) is 0.0801. The maximum Gasteiger partial charge on any atom is 0.410 e. The first-order chi connectivity index (χ1) is 27.8. The van der Waals surface area contributed by atoms with Gasteiger partial charge in [-0.15, -0.1) is 0 Å². The van der Waals surface area contributed by atoms with Crippen LogP contribution >= 0.6 is 34.4 Å². The predicted octanol–water partition coefficient (Wildman–Crippen LogP) is 8.22. The first-order valence-corrected chi connectivity index (χ1v) is 21.5. The summed E-state index contributed by atoms with van der Waals surface area (Å²) in [5, 5.41) is 0.819. The fraction of sp³-hybridized carbons (Fsp3) is 0.429. The molecule has 4 atom stereocenters. The van der Waals surface area contributed by atoms with Crippen molar-refractivity contribution < 1.29 is 28.1 Å². The van der Waals surface area contributed by atoms with E-state index in [1.807, 2.05) is 94.3 Å². The van der Waals surface area contributed by atoms with E-state index >= 15 is 4.39 Å². The number of aryl methyl sites for hydroxylation is 1. The van der Waals surface area contributed by atoms with Crippen LogP contribution in [0.4, 0.5) is 21.0 Å². The highest BCUT2D eigenvalue weighted by Crippen LogP contribution is 2.47. The Hall–Kier alpha value is -4.71. The number of methoxy groups -OCH3 is 2. The van der Waals surface area contributed by atoms with Crippen LogP contribution in [0.1, 0.15) is 57.4 Å². The lowest BCUT2D eigenvalue weighted by molar-refractivity contribution is 0.000947. The molecule has 0 spiro atoms. The van der Waals surface area contributed by atoms with E-state index < -0.39 is 17.5 Å². The van der Waals surface area contributed by atoms with Gasteiger partial charge in [-0.3, -0.25) is 4.90 Å². The third-order valence-electron chi connectivity index (χ3n) is 10.8. The number of hydrogen-bond donors (Lipinski definition) is 0. The number of carbonyl (C=O) groups excluding carboxylic acids is 1. The molecular weight excluding hydrogens is 874 g/mol. The molecule has 2 saturated heterocycles. The molecule has 0 N–H and O–H groups in total. The molecule has 1 amide bonds. The van der Waals surface area contributed by atoms with Crippen molar-refractivity contribution in [2.24, 2.45) is 0 Å². The number of aromatic nitrogens is 5. The van der Waals surface area contributed by atoms with E-state index in [2.05, 4.69) is 32.4 Å². The number of thioether (sulfide) groups is 1. The third kappa shape index (κ3) is 7.53. The van der Waals surface area contributed by atoms with E-state index in [1.165, 1.54) is 11.8 Å². The highest BCUT2D eigenvalue weighted by molar-refractivity contribution is 14.1.